The van der Waals surface area contributed by atoms with E-state index in [0.29, 0.717) is 12.8 Å². The van der Waals surface area contributed by atoms with Crippen molar-refractivity contribution in [1.82, 2.24) is 9.63 Å². The standard InChI is InChI=1S/C25H46N2O3/c1-6-7-8-9-10-11-12-13-14-15-16-20-17-22(28)26(23(20)29)21-18-24(2,3)27(30)25(4,5)19-21/h17,21,28-30H,6-16,18-19H2,1-5H3. The van der Waals surface area contributed by atoms with Gasteiger partial charge in [0.05, 0.1) is 0 Å². The molecule has 0 amide bonds. The zero-order valence-corrected chi connectivity index (χ0v) is 20.1. The summed E-state index contributed by atoms with van der Waals surface area (Å²) in [5, 5.41) is 33.4. The summed E-state index contributed by atoms with van der Waals surface area (Å²) in [6, 6.07) is 1.69. The minimum atomic E-state index is -0.424. The summed E-state index contributed by atoms with van der Waals surface area (Å²) in [6.45, 7) is 10.3. The number of piperidine rings is 1. The van der Waals surface area contributed by atoms with Crippen LogP contribution >= 0.6 is 0 Å². The van der Waals surface area contributed by atoms with Crippen LogP contribution in [0.15, 0.2) is 6.07 Å². The molecule has 5 heteroatoms. The number of hydrogen-bond donors (Lipinski definition) is 3. The van der Waals surface area contributed by atoms with Crippen LogP contribution in [0.3, 0.4) is 0 Å². The van der Waals surface area contributed by atoms with Crippen molar-refractivity contribution in [3.63, 3.8) is 0 Å². The predicted molar refractivity (Wildman–Crippen MR) is 123 cm³/mol. The van der Waals surface area contributed by atoms with E-state index < -0.39 is 11.1 Å². The molecule has 30 heavy (non-hydrogen) atoms. The molecule has 3 N–H and O–H groups in total. The largest absolute Gasteiger partial charge is 0.494 e. The molecule has 1 aliphatic rings. The van der Waals surface area contributed by atoms with E-state index in [1.54, 1.807) is 10.6 Å². The first kappa shape index (κ1) is 25.1. The first-order valence-corrected chi connectivity index (χ1v) is 12.2. The van der Waals surface area contributed by atoms with E-state index >= 15 is 0 Å². The Labute approximate surface area is 184 Å². The molecule has 0 bridgehead atoms. The van der Waals surface area contributed by atoms with Gasteiger partial charge in [0.1, 0.15) is 0 Å². The van der Waals surface area contributed by atoms with E-state index in [4.69, 9.17) is 0 Å². The molecular weight excluding hydrogens is 376 g/mol. The van der Waals surface area contributed by atoms with E-state index in [-0.39, 0.29) is 17.8 Å². The SMILES string of the molecule is CCCCCCCCCCCCc1cc(O)n(C2CC(C)(C)N(O)C(C)(C)C2)c1O. The van der Waals surface area contributed by atoms with Gasteiger partial charge in [-0.2, -0.15) is 5.06 Å². The van der Waals surface area contributed by atoms with Crippen LogP contribution in [0.2, 0.25) is 0 Å². The van der Waals surface area contributed by atoms with Gasteiger partial charge < -0.3 is 15.4 Å². The molecule has 1 fully saturated rings. The Kier molecular flexibility index (Phi) is 9.11. The third-order valence-corrected chi connectivity index (χ3v) is 6.85. The number of hydrogen-bond acceptors (Lipinski definition) is 4. The van der Waals surface area contributed by atoms with E-state index in [2.05, 4.69) is 6.92 Å². The zero-order chi connectivity index (χ0) is 22.4. The lowest BCUT2D eigenvalue weighted by molar-refractivity contribution is -0.249. The van der Waals surface area contributed by atoms with E-state index in [1.165, 1.54) is 62.9 Å². The van der Waals surface area contributed by atoms with Crippen molar-refractivity contribution in [2.24, 2.45) is 0 Å². The highest BCUT2D eigenvalue weighted by molar-refractivity contribution is 5.36. The molecular formula is C25H46N2O3. The fraction of sp³-hybridized carbons (Fsp3) is 0.840. The summed E-state index contributed by atoms with van der Waals surface area (Å²) in [5.41, 5.74) is -0.00691. The van der Waals surface area contributed by atoms with Crippen LogP contribution in [-0.2, 0) is 6.42 Å². The summed E-state index contributed by atoms with van der Waals surface area (Å²) >= 11 is 0. The monoisotopic (exact) mass is 422 g/mol. The first-order valence-electron chi connectivity index (χ1n) is 12.2. The normalized spacial score (nSPS) is 19.4. The lowest BCUT2D eigenvalue weighted by Crippen LogP contribution is -2.59. The highest BCUT2D eigenvalue weighted by Gasteiger charge is 2.46. The van der Waals surface area contributed by atoms with Gasteiger partial charge in [-0.25, -0.2) is 0 Å². The van der Waals surface area contributed by atoms with Crippen LogP contribution in [-0.4, -0.2) is 36.1 Å². The Morgan fingerprint density at radius 3 is 1.80 bits per heavy atom. The van der Waals surface area contributed by atoms with Gasteiger partial charge >= 0.3 is 0 Å². The molecule has 5 nitrogen and oxygen atoms in total. The fourth-order valence-corrected chi connectivity index (χ4v) is 5.30. The lowest BCUT2D eigenvalue weighted by atomic mass is 9.79. The Morgan fingerprint density at radius 2 is 1.30 bits per heavy atom. The second-order valence-corrected chi connectivity index (χ2v) is 10.7. The van der Waals surface area contributed by atoms with E-state index in [1.807, 2.05) is 27.7 Å². The van der Waals surface area contributed by atoms with Gasteiger partial charge in [0, 0.05) is 28.7 Å². The molecule has 1 aromatic heterocycles. The average molecular weight is 423 g/mol. The number of aromatic hydroxyl groups is 2. The fourth-order valence-electron chi connectivity index (χ4n) is 5.30. The third kappa shape index (κ3) is 6.40. The smallest absolute Gasteiger partial charge is 0.197 e. The number of unbranched alkanes of at least 4 members (excludes halogenated alkanes) is 9. The van der Waals surface area contributed by atoms with Gasteiger partial charge in [-0.3, -0.25) is 4.57 Å². The lowest BCUT2D eigenvalue weighted by Gasteiger charge is -2.51. The van der Waals surface area contributed by atoms with E-state index in [9.17, 15) is 15.4 Å². The summed E-state index contributed by atoms with van der Waals surface area (Å²) in [4.78, 5) is 0. The van der Waals surface area contributed by atoms with Crippen molar-refractivity contribution in [3.05, 3.63) is 11.6 Å². The number of aromatic nitrogens is 1. The minimum absolute atomic E-state index is 0.0418. The molecule has 174 valence electrons. The number of nitrogens with zero attached hydrogens (tertiary/aromatic N) is 2. The molecule has 2 heterocycles. The second kappa shape index (κ2) is 10.9. The van der Waals surface area contributed by atoms with Crippen molar-refractivity contribution in [1.29, 1.82) is 0 Å². The first-order chi connectivity index (χ1) is 14.1. The molecule has 0 aliphatic carbocycles. The molecule has 2 rings (SSSR count). The number of aryl methyl sites for hydroxylation is 1. The van der Waals surface area contributed by atoms with Gasteiger partial charge in [-0.15, -0.1) is 0 Å². The Bertz CT molecular complexity index is 633. The Balaban J connectivity index is 1.83. The van der Waals surface area contributed by atoms with Crippen molar-refractivity contribution in [2.75, 3.05) is 0 Å². The van der Waals surface area contributed by atoms with Gasteiger partial charge in [0.15, 0.2) is 11.8 Å². The van der Waals surface area contributed by atoms with Gasteiger partial charge in [-0.1, -0.05) is 64.7 Å². The van der Waals surface area contributed by atoms with Crippen LogP contribution in [0.1, 0.15) is 123 Å². The maximum absolute atomic E-state index is 10.8. The molecule has 1 saturated heterocycles. The zero-order valence-electron chi connectivity index (χ0n) is 20.1. The molecule has 1 aliphatic heterocycles. The summed E-state index contributed by atoms with van der Waals surface area (Å²) in [6.07, 6.45) is 15.0. The quantitative estimate of drug-likeness (QED) is 0.319. The number of rotatable bonds is 12. The van der Waals surface area contributed by atoms with Crippen molar-refractivity contribution >= 4 is 0 Å². The maximum Gasteiger partial charge on any atom is 0.197 e. The summed E-state index contributed by atoms with van der Waals surface area (Å²) < 4.78 is 1.68. The van der Waals surface area contributed by atoms with Crippen LogP contribution in [0, 0.1) is 0 Å². The van der Waals surface area contributed by atoms with Crippen LogP contribution in [0.25, 0.3) is 0 Å². The molecule has 0 aromatic carbocycles. The molecule has 1 aromatic rings. The van der Waals surface area contributed by atoms with Crippen molar-refractivity contribution in [3.8, 4) is 11.8 Å². The predicted octanol–water partition coefficient (Wildman–Crippen LogP) is 6.95. The molecule has 0 spiro atoms. The molecule has 0 radical (unpaired) electrons. The van der Waals surface area contributed by atoms with Gasteiger partial charge in [0.25, 0.3) is 0 Å². The average Bonchev–Trinajstić information content (AvgIpc) is 2.94. The van der Waals surface area contributed by atoms with E-state index in [0.717, 1.165) is 18.4 Å². The molecule has 0 atom stereocenters. The van der Waals surface area contributed by atoms with Crippen LogP contribution in [0.5, 0.6) is 11.8 Å². The minimum Gasteiger partial charge on any atom is -0.494 e. The number of hydroxylamine groups is 2. The molecule has 0 saturated carbocycles. The van der Waals surface area contributed by atoms with Crippen molar-refractivity contribution < 1.29 is 15.4 Å². The van der Waals surface area contributed by atoms with Gasteiger partial charge in [-0.05, 0) is 53.4 Å². The highest BCUT2D eigenvalue weighted by atomic mass is 16.5. The summed E-state index contributed by atoms with van der Waals surface area (Å²) in [7, 11) is 0. The Morgan fingerprint density at radius 1 is 0.833 bits per heavy atom. The van der Waals surface area contributed by atoms with Gasteiger partial charge in [0.2, 0.25) is 0 Å². The van der Waals surface area contributed by atoms with Crippen molar-refractivity contribution in [2.45, 2.75) is 135 Å². The topological polar surface area (TPSA) is 68.9 Å². The second-order valence-electron chi connectivity index (χ2n) is 10.7. The van der Waals surface area contributed by atoms with Crippen LogP contribution in [0.4, 0.5) is 0 Å². The van der Waals surface area contributed by atoms with Crippen LogP contribution < -0.4 is 0 Å². The maximum atomic E-state index is 10.8. The summed E-state index contributed by atoms with van der Waals surface area (Å²) in [5.74, 6) is 0.337. The molecule has 0 unspecified atom stereocenters. The highest BCUT2D eigenvalue weighted by Crippen LogP contribution is 2.46. The Hall–Kier alpha value is -1.20. The third-order valence-electron chi connectivity index (χ3n) is 6.85.